The van der Waals surface area contributed by atoms with Crippen molar-refractivity contribution in [3.8, 4) is 0 Å². The Morgan fingerprint density at radius 1 is 1.08 bits per heavy atom. The maximum atomic E-state index is 14.4. The molecule has 2 atom stereocenters. The van der Waals surface area contributed by atoms with Crippen molar-refractivity contribution in [2.75, 3.05) is 6.61 Å². The molecule has 1 aliphatic rings. The van der Waals surface area contributed by atoms with Gasteiger partial charge in [-0.1, -0.05) is 48.5 Å². The van der Waals surface area contributed by atoms with Crippen molar-refractivity contribution in [2.24, 2.45) is 0 Å². The number of carbonyl (C=O) groups excluding carboxylic acids is 1. The van der Waals surface area contributed by atoms with Crippen LogP contribution in [0.3, 0.4) is 0 Å². The van der Waals surface area contributed by atoms with Crippen molar-refractivity contribution < 1.29 is 27.2 Å². The van der Waals surface area contributed by atoms with E-state index in [-0.39, 0.29) is 6.61 Å². The zero-order chi connectivity index (χ0) is 17.7. The minimum absolute atomic E-state index is 0.0496. The number of halogens is 2. The summed E-state index contributed by atoms with van der Waals surface area (Å²) in [5.74, 6) is -3.94. The predicted octanol–water partition coefficient (Wildman–Crippen LogP) is 4.07. The molecule has 7 heteroatoms. The highest BCUT2D eigenvalue weighted by atomic mass is 32.2. The molecular formula is C18H16F2O4S. The first-order valence-electron chi connectivity index (χ1n) is 7.65. The smallest absolute Gasteiger partial charge is 0.338 e. The molecule has 1 aliphatic heterocycles. The third-order valence-corrected chi connectivity index (χ3v) is 4.59. The molecular weight excluding hydrogens is 350 g/mol. The van der Waals surface area contributed by atoms with E-state index in [1.54, 1.807) is 54.6 Å². The van der Waals surface area contributed by atoms with E-state index in [4.69, 9.17) is 13.7 Å². The summed E-state index contributed by atoms with van der Waals surface area (Å²) in [6, 6.07) is 17.2. The molecule has 1 saturated heterocycles. The zero-order valence-electron chi connectivity index (χ0n) is 13.1. The van der Waals surface area contributed by atoms with Crippen LogP contribution in [0, 0.1) is 0 Å². The van der Waals surface area contributed by atoms with Crippen molar-refractivity contribution in [3.05, 3.63) is 71.8 Å². The molecule has 0 aromatic heterocycles. The van der Waals surface area contributed by atoms with E-state index in [9.17, 15) is 13.6 Å². The first kappa shape index (κ1) is 17.8. The zero-order valence-corrected chi connectivity index (χ0v) is 14.0. The summed E-state index contributed by atoms with van der Waals surface area (Å²) in [6.07, 6.45) is -1.55. The molecule has 1 heterocycles. The van der Waals surface area contributed by atoms with E-state index in [1.807, 2.05) is 6.07 Å². The summed E-state index contributed by atoms with van der Waals surface area (Å²) in [5.41, 5.74) is -0.362. The number of rotatable bonds is 6. The van der Waals surface area contributed by atoms with Crippen molar-refractivity contribution in [3.63, 3.8) is 0 Å². The van der Waals surface area contributed by atoms with E-state index in [0.717, 1.165) is 5.56 Å². The van der Waals surface area contributed by atoms with Crippen molar-refractivity contribution in [2.45, 2.75) is 24.1 Å². The maximum Gasteiger partial charge on any atom is 0.338 e. The van der Waals surface area contributed by atoms with Gasteiger partial charge < -0.3 is 9.47 Å². The predicted molar refractivity (Wildman–Crippen MR) is 89.2 cm³/mol. The number of alkyl halides is 2. The van der Waals surface area contributed by atoms with Gasteiger partial charge in [0.15, 0.2) is 11.5 Å². The van der Waals surface area contributed by atoms with E-state index in [1.165, 1.54) is 0 Å². The second-order valence-corrected chi connectivity index (χ2v) is 6.26. The molecule has 0 radical (unpaired) electrons. The Morgan fingerprint density at radius 2 is 1.72 bits per heavy atom. The molecule has 3 rings (SSSR count). The normalized spacial score (nSPS) is 21.8. The largest absolute Gasteiger partial charge is 0.459 e. The van der Waals surface area contributed by atoms with E-state index in [0.29, 0.717) is 17.6 Å². The standard InChI is InChI=1S/C18H16F2O4S/c19-18(20)15(12-22-16(21)14-9-5-2-6-10-14)24-25-17(18)23-11-13-7-3-1-4-8-13/h1-10,15,17H,11-12H2/t15-,17+/m1/s1. The SMILES string of the molecule is O=C(OC[C@H]1OS[C@H](OCc2ccccc2)C1(F)F)c1ccccc1. The van der Waals surface area contributed by atoms with Crippen LogP contribution in [-0.4, -0.2) is 30.0 Å². The molecule has 0 saturated carbocycles. The average Bonchev–Trinajstić information content (AvgIpc) is 2.93. The molecule has 25 heavy (non-hydrogen) atoms. The summed E-state index contributed by atoms with van der Waals surface area (Å²) in [7, 11) is 0. The fraction of sp³-hybridized carbons (Fsp3) is 0.278. The number of esters is 1. The van der Waals surface area contributed by atoms with Gasteiger partial charge in [-0.2, -0.15) is 8.78 Å². The van der Waals surface area contributed by atoms with Crippen molar-refractivity contribution in [1.82, 2.24) is 0 Å². The fourth-order valence-corrected chi connectivity index (χ4v) is 3.05. The number of hydrogen-bond acceptors (Lipinski definition) is 5. The van der Waals surface area contributed by atoms with Gasteiger partial charge in [-0.05, 0) is 17.7 Å². The van der Waals surface area contributed by atoms with Crippen LogP contribution in [0.25, 0.3) is 0 Å². The molecule has 2 aromatic rings. The number of hydrogen-bond donors (Lipinski definition) is 0. The Balaban J connectivity index is 1.52. The Morgan fingerprint density at radius 3 is 2.40 bits per heavy atom. The second kappa shape index (κ2) is 7.95. The van der Waals surface area contributed by atoms with Crippen LogP contribution in [0.1, 0.15) is 15.9 Å². The topological polar surface area (TPSA) is 44.8 Å². The molecule has 0 amide bonds. The van der Waals surface area contributed by atoms with Crippen molar-refractivity contribution in [1.29, 1.82) is 0 Å². The molecule has 0 unspecified atom stereocenters. The van der Waals surface area contributed by atoms with Crippen LogP contribution in [0.5, 0.6) is 0 Å². The highest BCUT2D eigenvalue weighted by Crippen LogP contribution is 2.44. The average molecular weight is 366 g/mol. The van der Waals surface area contributed by atoms with Crippen LogP contribution in [0.15, 0.2) is 60.7 Å². The van der Waals surface area contributed by atoms with Gasteiger partial charge in [0.05, 0.1) is 12.2 Å². The molecule has 0 N–H and O–H groups in total. The van der Waals surface area contributed by atoms with Gasteiger partial charge in [-0.3, -0.25) is 4.18 Å². The van der Waals surface area contributed by atoms with Gasteiger partial charge in [0.1, 0.15) is 6.61 Å². The summed E-state index contributed by atoms with van der Waals surface area (Å²) >= 11 is 0.561. The van der Waals surface area contributed by atoms with Gasteiger partial charge in [-0.15, -0.1) is 0 Å². The van der Waals surface area contributed by atoms with Crippen LogP contribution in [0.2, 0.25) is 0 Å². The van der Waals surface area contributed by atoms with E-state index >= 15 is 0 Å². The molecule has 0 bridgehead atoms. The third-order valence-electron chi connectivity index (χ3n) is 3.62. The van der Waals surface area contributed by atoms with Crippen LogP contribution < -0.4 is 0 Å². The number of ether oxygens (including phenoxy) is 2. The van der Waals surface area contributed by atoms with Gasteiger partial charge in [-0.25, -0.2) is 4.79 Å². The molecule has 2 aromatic carbocycles. The summed E-state index contributed by atoms with van der Waals surface area (Å²) in [4.78, 5) is 11.8. The lowest BCUT2D eigenvalue weighted by atomic mass is 10.2. The summed E-state index contributed by atoms with van der Waals surface area (Å²) in [6.45, 7) is -0.493. The van der Waals surface area contributed by atoms with Gasteiger partial charge >= 0.3 is 11.9 Å². The third kappa shape index (κ3) is 4.36. The van der Waals surface area contributed by atoms with Gasteiger partial charge in [0.2, 0.25) is 0 Å². The molecule has 1 fully saturated rings. The number of carbonyl (C=O) groups is 1. The minimum Gasteiger partial charge on any atom is -0.459 e. The Hall–Kier alpha value is -1.96. The number of benzene rings is 2. The van der Waals surface area contributed by atoms with Crippen LogP contribution in [0.4, 0.5) is 8.78 Å². The summed E-state index contributed by atoms with van der Waals surface area (Å²) < 4.78 is 44.0. The lowest BCUT2D eigenvalue weighted by Gasteiger charge is -2.21. The first-order chi connectivity index (χ1) is 12.1. The molecule has 4 nitrogen and oxygen atoms in total. The minimum atomic E-state index is -3.27. The second-order valence-electron chi connectivity index (χ2n) is 5.45. The van der Waals surface area contributed by atoms with Gasteiger partial charge in [0.25, 0.3) is 0 Å². The molecule has 0 spiro atoms. The monoisotopic (exact) mass is 366 g/mol. The Labute approximate surface area is 148 Å². The van der Waals surface area contributed by atoms with E-state index in [2.05, 4.69) is 0 Å². The highest BCUT2D eigenvalue weighted by molar-refractivity contribution is 7.95. The van der Waals surface area contributed by atoms with Crippen LogP contribution >= 0.6 is 12.0 Å². The lowest BCUT2D eigenvalue weighted by Crippen LogP contribution is -2.41. The maximum absolute atomic E-state index is 14.4. The van der Waals surface area contributed by atoms with Crippen molar-refractivity contribution >= 4 is 18.0 Å². The first-order valence-corrected chi connectivity index (χ1v) is 8.45. The Kier molecular flexibility index (Phi) is 5.67. The quantitative estimate of drug-likeness (QED) is 0.570. The lowest BCUT2D eigenvalue weighted by molar-refractivity contribution is -0.143. The Bertz CT molecular complexity index is 697. The molecule has 0 aliphatic carbocycles. The van der Waals surface area contributed by atoms with Crippen LogP contribution in [-0.2, 0) is 20.3 Å². The summed E-state index contributed by atoms with van der Waals surface area (Å²) in [5, 5.41) is 0. The highest BCUT2D eigenvalue weighted by Gasteiger charge is 2.56. The molecule has 132 valence electrons. The van der Waals surface area contributed by atoms with E-state index < -0.39 is 30.0 Å². The fourth-order valence-electron chi connectivity index (χ4n) is 2.23. The van der Waals surface area contributed by atoms with Gasteiger partial charge in [0, 0.05) is 12.0 Å².